The number of aromatic nitrogens is 4. The lowest BCUT2D eigenvalue weighted by Gasteiger charge is -2.44. The van der Waals surface area contributed by atoms with Gasteiger partial charge in [-0.25, -0.2) is 14.8 Å². The number of thiazole rings is 1. The summed E-state index contributed by atoms with van der Waals surface area (Å²) in [7, 11) is -2.15. The van der Waals surface area contributed by atoms with Crippen molar-refractivity contribution in [1.29, 1.82) is 0 Å². The molecular formula is C31H42ClN5O3SSi. The van der Waals surface area contributed by atoms with Crippen LogP contribution in [-0.2, 0) is 11.3 Å². The number of ether oxygens (including phenoxy) is 1. The van der Waals surface area contributed by atoms with E-state index in [-0.39, 0.29) is 11.7 Å². The Balaban J connectivity index is 1.74. The van der Waals surface area contributed by atoms with Crippen LogP contribution in [-0.4, -0.2) is 44.2 Å². The number of pyridine rings is 2. The fourth-order valence-electron chi connectivity index (χ4n) is 6.42. The maximum atomic E-state index is 12.3. The van der Waals surface area contributed by atoms with Crippen molar-refractivity contribution in [1.82, 2.24) is 24.5 Å². The van der Waals surface area contributed by atoms with Gasteiger partial charge in [-0.05, 0) is 61.2 Å². The molecule has 0 aliphatic heterocycles. The zero-order valence-corrected chi connectivity index (χ0v) is 28.5. The molecule has 0 aliphatic rings. The minimum Gasteiger partial charge on any atom is -0.444 e. The van der Waals surface area contributed by atoms with E-state index in [4.69, 9.17) is 21.3 Å². The molecule has 0 radical (unpaired) electrons. The summed E-state index contributed by atoms with van der Waals surface area (Å²) >= 11 is 8.03. The number of carbonyl (C=O) groups excluding carboxylic acids is 1. The predicted octanol–water partition coefficient (Wildman–Crippen LogP) is 8.34. The van der Waals surface area contributed by atoms with Crippen molar-refractivity contribution in [3.8, 4) is 10.6 Å². The highest BCUT2D eigenvalue weighted by Gasteiger charge is 2.46. The van der Waals surface area contributed by atoms with Gasteiger partial charge < -0.3 is 19.4 Å². The molecule has 0 saturated carbocycles. The summed E-state index contributed by atoms with van der Waals surface area (Å²) in [6.07, 6.45) is 5.80. The van der Waals surface area contributed by atoms with Crippen LogP contribution >= 0.6 is 22.9 Å². The van der Waals surface area contributed by atoms with Gasteiger partial charge in [-0.2, -0.15) is 0 Å². The molecule has 0 aliphatic carbocycles. The third-order valence-electron chi connectivity index (χ3n) is 7.90. The third kappa shape index (κ3) is 6.13. The number of aliphatic hydroxyl groups is 1. The molecule has 4 heterocycles. The van der Waals surface area contributed by atoms with Crippen LogP contribution < -0.4 is 5.32 Å². The lowest BCUT2D eigenvalue weighted by molar-refractivity contribution is 0.0523. The van der Waals surface area contributed by atoms with Gasteiger partial charge in [0, 0.05) is 47.8 Å². The Kier molecular flexibility index (Phi) is 9.52. The Labute approximate surface area is 258 Å². The van der Waals surface area contributed by atoms with Crippen LogP contribution in [0.4, 0.5) is 4.79 Å². The number of rotatable bonds is 9. The van der Waals surface area contributed by atoms with Gasteiger partial charge in [0.2, 0.25) is 0 Å². The molecule has 0 aromatic carbocycles. The van der Waals surface area contributed by atoms with Gasteiger partial charge in [-0.3, -0.25) is 4.98 Å². The first-order chi connectivity index (χ1) is 19.7. The summed E-state index contributed by atoms with van der Waals surface area (Å²) < 4.78 is 7.79. The fourth-order valence-corrected chi connectivity index (χ4v) is 14.4. The van der Waals surface area contributed by atoms with E-state index < -0.39 is 26.0 Å². The number of nitrogens with one attached hydrogen (secondary N) is 1. The van der Waals surface area contributed by atoms with E-state index in [1.807, 2.05) is 45.2 Å². The van der Waals surface area contributed by atoms with E-state index in [9.17, 15) is 9.90 Å². The second-order valence-corrected chi connectivity index (χ2v) is 19.8. The zero-order valence-electron chi connectivity index (χ0n) is 25.9. The van der Waals surface area contributed by atoms with Crippen molar-refractivity contribution in [2.75, 3.05) is 0 Å². The highest BCUT2D eigenvalue weighted by atomic mass is 35.5. The fraction of sp³-hybridized carbons (Fsp3) is 0.484. The van der Waals surface area contributed by atoms with Crippen molar-refractivity contribution >= 4 is 48.3 Å². The zero-order chi connectivity index (χ0) is 31.0. The highest BCUT2D eigenvalue weighted by molar-refractivity contribution is 7.15. The van der Waals surface area contributed by atoms with Crippen LogP contribution in [0.25, 0.3) is 21.6 Å². The number of halogens is 1. The summed E-state index contributed by atoms with van der Waals surface area (Å²) in [4.78, 5) is 26.5. The maximum Gasteiger partial charge on any atom is 0.407 e. The average molecular weight is 628 g/mol. The van der Waals surface area contributed by atoms with Crippen molar-refractivity contribution in [3.05, 3.63) is 64.1 Å². The van der Waals surface area contributed by atoms with Gasteiger partial charge in [0.1, 0.15) is 27.5 Å². The lowest BCUT2D eigenvalue weighted by Crippen LogP contribution is -2.51. The highest BCUT2D eigenvalue weighted by Crippen LogP contribution is 2.46. The summed E-state index contributed by atoms with van der Waals surface area (Å²) in [6.45, 7) is 19.6. The Morgan fingerprint density at radius 2 is 1.79 bits per heavy atom. The minimum absolute atomic E-state index is 0.229. The lowest BCUT2D eigenvalue weighted by atomic mass is 10.1. The largest absolute Gasteiger partial charge is 0.444 e. The van der Waals surface area contributed by atoms with Crippen LogP contribution in [0.3, 0.4) is 0 Å². The van der Waals surface area contributed by atoms with Gasteiger partial charge in [0.05, 0.1) is 4.88 Å². The average Bonchev–Trinajstić information content (AvgIpc) is 3.47. The summed E-state index contributed by atoms with van der Waals surface area (Å²) in [6, 6.07) is 5.76. The molecule has 4 aromatic heterocycles. The first-order valence-electron chi connectivity index (χ1n) is 14.4. The molecule has 1 amide bonds. The molecule has 2 N–H and O–H groups in total. The number of alkyl carbamates (subject to hydrolysis) is 1. The number of amides is 1. The molecule has 1 unspecified atom stereocenters. The number of fused-ring (bicyclic) bond motifs is 1. The quantitative estimate of drug-likeness (QED) is 0.181. The molecule has 226 valence electrons. The smallest absolute Gasteiger partial charge is 0.407 e. The number of aliphatic hydroxyl groups excluding tert-OH is 1. The van der Waals surface area contributed by atoms with Crippen LogP contribution in [0.5, 0.6) is 0 Å². The maximum absolute atomic E-state index is 12.3. The molecular weight excluding hydrogens is 586 g/mol. The molecule has 1 atom stereocenters. The molecule has 0 spiro atoms. The molecule has 0 bridgehead atoms. The van der Waals surface area contributed by atoms with Crippen LogP contribution in [0, 0.1) is 0 Å². The summed E-state index contributed by atoms with van der Waals surface area (Å²) in [5.74, 6) is 0. The topological polar surface area (TPSA) is 102 Å². The molecule has 4 aromatic rings. The van der Waals surface area contributed by atoms with Crippen LogP contribution in [0.1, 0.15) is 84.4 Å². The standard InChI is InChI=1S/C31H42ClN5O3SSi/c1-18(2)42(19(3)4,20(5)6)37-17-24(22-11-10-13-34-28(22)37)25(38)26-27(32)36-29(41-26)23-16-33-14-12-21(23)15-35-30(39)40-31(7,8)9/h10-14,16-20,25,38H,15H2,1-9H3,(H,35,39). The van der Waals surface area contributed by atoms with Crippen molar-refractivity contribution in [2.45, 2.75) is 97.2 Å². The molecule has 11 heteroatoms. The Bertz CT molecular complexity index is 1540. The number of hydrogen-bond donors (Lipinski definition) is 2. The van der Waals surface area contributed by atoms with E-state index in [2.05, 4.69) is 67.3 Å². The van der Waals surface area contributed by atoms with Gasteiger partial charge >= 0.3 is 6.09 Å². The monoisotopic (exact) mass is 627 g/mol. The number of carbonyl (C=O) groups is 1. The third-order valence-corrected chi connectivity index (χ3v) is 16.2. The van der Waals surface area contributed by atoms with Crippen LogP contribution in [0.2, 0.25) is 21.8 Å². The van der Waals surface area contributed by atoms with Gasteiger partial charge in [0.25, 0.3) is 0 Å². The van der Waals surface area contributed by atoms with Crippen LogP contribution in [0.15, 0.2) is 43.0 Å². The van der Waals surface area contributed by atoms with Crippen molar-refractivity contribution < 1.29 is 14.6 Å². The van der Waals surface area contributed by atoms with Gasteiger partial charge in [-0.15, -0.1) is 11.3 Å². The molecule has 0 fully saturated rings. The second kappa shape index (κ2) is 12.4. The molecule has 4 rings (SSSR count). The Morgan fingerprint density at radius 3 is 2.40 bits per heavy atom. The Morgan fingerprint density at radius 1 is 1.12 bits per heavy atom. The Hall–Kier alpha value is -2.79. The van der Waals surface area contributed by atoms with E-state index in [1.54, 1.807) is 12.4 Å². The van der Waals surface area contributed by atoms with E-state index in [0.717, 1.165) is 27.7 Å². The van der Waals surface area contributed by atoms with E-state index >= 15 is 0 Å². The van der Waals surface area contributed by atoms with E-state index in [1.165, 1.54) is 11.3 Å². The second-order valence-electron chi connectivity index (χ2n) is 12.6. The SMILES string of the molecule is CC(C)[Si](C(C)C)(C(C)C)n1cc(C(O)c2sc(-c3cnccc3CNC(=O)OC(C)(C)C)nc2Cl)c2cccnc21. The summed E-state index contributed by atoms with van der Waals surface area (Å²) in [5.41, 5.74) is 3.98. The summed E-state index contributed by atoms with van der Waals surface area (Å²) in [5, 5.41) is 16.4. The normalized spacial score (nSPS) is 13.4. The molecule has 8 nitrogen and oxygen atoms in total. The van der Waals surface area contributed by atoms with Crippen molar-refractivity contribution in [3.63, 3.8) is 0 Å². The molecule has 42 heavy (non-hydrogen) atoms. The molecule has 0 saturated heterocycles. The predicted molar refractivity (Wildman–Crippen MR) is 174 cm³/mol. The van der Waals surface area contributed by atoms with E-state index in [0.29, 0.717) is 26.5 Å². The number of hydrogen-bond acceptors (Lipinski definition) is 7. The first-order valence-corrected chi connectivity index (χ1v) is 17.8. The number of nitrogens with zero attached hydrogens (tertiary/aromatic N) is 4. The van der Waals surface area contributed by atoms with Gasteiger partial charge in [0.15, 0.2) is 8.24 Å². The van der Waals surface area contributed by atoms with Gasteiger partial charge in [-0.1, -0.05) is 53.1 Å². The first kappa shape index (κ1) is 32.1. The van der Waals surface area contributed by atoms with Crippen molar-refractivity contribution in [2.24, 2.45) is 0 Å². The minimum atomic E-state index is -2.15.